The van der Waals surface area contributed by atoms with Crippen LogP contribution in [0.2, 0.25) is 0 Å². The summed E-state index contributed by atoms with van der Waals surface area (Å²) in [6.45, 7) is -1.26. The van der Waals surface area contributed by atoms with Crippen LogP contribution in [0.3, 0.4) is 0 Å². The number of halogens is 2. The lowest BCUT2D eigenvalue weighted by Gasteiger charge is -2.30. The monoisotopic (exact) mass is 539 g/mol. The minimum atomic E-state index is -3.07. The predicted molar refractivity (Wildman–Crippen MR) is 146 cm³/mol. The van der Waals surface area contributed by atoms with E-state index in [0.717, 1.165) is 41.8 Å². The molecule has 3 N–H and O–H groups in total. The number of alkyl halides is 2. The van der Waals surface area contributed by atoms with Crippen molar-refractivity contribution >= 4 is 55.7 Å². The first-order valence-electron chi connectivity index (χ1n) is 12.0. The van der Waals surface area contributed by atoms with Gasteiger partial charge in [-0.05, 0) is 55.8 Å². The van der Waals surface area contributed by atoms with Crippen LogP contribution in [-0.2, 0) is 4.74 Å². The minimum absolute atomic E-state index is 0.0341. The zero-order valence-corrected chi connectivity index (χ0v) is 21.7. The summed E-state index contributed by atoms with van der Waals surface area (Å²) in [5.41, 5.74) is 10.7. The predicted octanol–water partition coefficient (Wildman–Crippen LogP) is 5.02. The Bertz CT molecular complexity index is 1500. The molecule has 5 rings (SSSR count). The molecule has 9 nitrogen and oxygen atoms in total. The Balaban J connectivity index is 1.62. The number of rotatable bonds is 8. The number of aliphatic imine (C=N–C) groups is 1. The van der Waals surface area contributed by atoms with Crippen molar-refractivity contribution in [3.63, 3.8) is 0 Å². The first-order chi connectivity index (χ1) is 18.4. The van der Waals surface area contributed by atoms with Gasteiger partial charge in [0.05, 0.1) is 32.2 Å². The molecular formula is C26H27F2N7O2S. The number of likely N-dealkylation sites (tertiary alicyclic amines) is 1. The van der Waals surface area contributed by atoms with E-state index in [2.05, 4.69) is 41.9 Å². The number of aromatic nitrogens is 3. The summed E-state index contributed by atoms with van der Waals surface area (Å²) < 4.78 is 38.0. The van der Waals surface area contributed by atoms with E-state index >= 15 is 0 Å². The van der Waals surface area contributed by atoms with E-state index in [1.807, 2.05) is 18.2 Å². The van der Waals surface area contributed by atoms with Crippen molar-refractivity contribution in [2.45, 2.75) is 25.6 Å². The minimum Gasteiger partial charge on any atom is -0.489 e. The van der Waals surface area contributed by atoms with Gasteiger partial charge >= 0.3 is 6.61 Å². The fraction of sp³-hybridized carbons (Fsp3) is 0.308. The summed E-state index contributed by atoms with van der Waals surface area (Å²) in [6.07, 6.45) is 4.47. The van der Waals surface area contributed by atoms with E-state index in [1.165, 1.54) is 19.6 Å². The second kappa shape index (κ2) is 11.2. The molecule has 0 amide bonds. The van der Waals surface area contributed by atoms with Gasteiger partial charge in [0.25, 0.3) is 0 Å². The van der Waals surface area contributed by atoms with Gasteiger partial charge in [-0.1, -0.05) is 0 Å². The van der Waals surface area contributed by atoms with Crippen molar-refractivity contribution < 1.29 is 18.3 Å². The molecule has 0 radical (unpaired) electrons. The number of hydrogen-bond acceptors (Lipinski definition) is 10. The maximum atomic E-state index is 13.0. The van der Waals surface area contributed by atoms with Crippen LogP contribution in [0.4, 0.5) is 20.3 Å². The van der Waals surface area contributed by atoms with Crippen LogP contribution in [0.15, 0.2) is 53.0 Å². The molecule has 2 aromatic carbocycles. The van der Waals surface area contributed by atoms with Gasteiger partial charge in [0, 0.05) is 32.0 Å². The van der Waals surface area contributed by atoms with Gasteiger partial charge in [0.2, 0.25) is 0 Å². The number of ether oxygens (including phenoxy) is 2. The highest BCUT2D eigenvalue weighted by atomic mass is 32.1. The number of hydrogen-bond donors (Lipinski definition) is 2. The van der Waals surface area contributed by atoms with Crippen molar-refractivity contribution in [2.75, 3.05) is 32.5 Å². The van der Waals surface area contributed by atoms with Crippen LogP contribution >= 0.6 is 11.3 Å². The maximum Gasteiger partial charge on any atom is 0.388 e. The van der Waals surface area contributed by atoms with Crippen LogP contribution in [0, 0.1) is 0 Å². The molecule has 38 heavy (non-hydrogen) atoms. The molecule has 0 unspecified atom stereocenters. The average molecular weight is 540 g/mol. The van der Waals surface area contributed by atoms with Crippen molar-refractivity contribution in [1.82, 2.24) is 19.9 Å². The van der Waals surface area contributed by atoms with Gasteiger partial charge in [-0.25, -0.2) is 15.0 Å². The molecule has 0 spiro atoms. The topological polar surface area (TPSA) is 111 Å². The number of nitrogens with two attached hydrogens (primary N) is 1. The van der Waals surface area contributed by atoms with Crippen LogP contribution < -0.4 is 15.8 Å². The lowest BCUT2D eigenvalue weighted by atomic mass is 10.0. The Morgan fingerprint density at radius 2 is 2.00 bits per heavy atom. The highest BCUT2D eigenvalue weighted by Gasteiger charge is 2.22. The summed E-state index contributed by atoms with van der Waals surface area (Å²) in [5.74, 6) is 0.626. The van der Waals surface area contributed by atoms with Gasteiger partial charge in [-0.15, -0.1) is 11.3 Å². The van der Waals surface area contributed by atoms with E-state index in [-0.39, 0.29) is 11.7 Å². The Hall–Kier alpha value is -3.90. The number of benzene rings is 2. The molecule has 1 fully saturated rings. The van der Waals surface area contributed by atoms with Crippen LogP contribution in [-0.4, -0.2) is 66.0 Å². The number of anilines is 2. The number of allylic oxidation sites excluding steroid dienone is 1. The average Bonchev–Trinajstić information content (AvgIpc) is 3.36. The Kier molecular flexibility index (Phi) is 7.61. The summed E-state index contributed by atoms with van der Waals surface area (Å²) in [6, 6.07) is 9.37. The smallest absolute Gasteiger partial charge is 0.388 e. The van der Waals surface area contributed by atoms with E-state index in [0.29, 0.717) is 28.0 Å². The van der Waals surface area contributed by atoms with Crippen molar-refractivity contribution in [3.8, 4) is 5.75 Å². The molecule has 1 saturated heterocycles. The lowest BCUT2D eigenvalue weighted by Crippen LogP contribution is -2.35. The third-order valence-corrected chi connectivity index (χ3v) is 7.10. The van der Waals surface area contributed by atoms with Gasteiger partial charge in [-0.2, -0.15) is 8.78 Å². The molecule has 0 saturated carbocycles. The molecule has 4 aromatic rings. The van der Waals surface area contributed by atoms with Crippen molar-refractivity contribution in [3.05, 3.63) is 53.6 Å². The molecule has 198 valence electrons. The molecule has 0 atom stereocenters. The first-order valence-corrected chi connectivity index (χ1v) is 12.9. The maximum absolute atomic E-state index is 13.0. The Morgan fingerprint density at radius 3 is 2.76 bits per heavy atom. The largest absolute Gasteiger partial charge is 0.489 e. The summed E-state index contributed by atoms with van der Waals surface area (Å²) in [5, 5.41) is 4.06. The molecule has 12 heteroatoms. The standard InChI is InChI=1S/C26H27F2N7O2S/c1-30-12-18(24(29)37-26(27)28)15-9-20-23(21(10-15)36-17-5-7-35(2)8-6-17)25(32-13-31-20)34-16-3-4-19-22(11-16)38-14-33-19/h3-4,9-14,17,26H,5-8,29H2,1-2H3,(H,31,32,34)/b24-18-,30-12?. The quantitative estimate of drug-likeness (QED) is 0.237. The number of fused-ring (bicyclic) bond motifs is 2. The van der Waals surface area contributed by atoms with Crippen LogP contribution in [0.5, 0.6) is 5.75 Å². The SMILES string of the molecule is CN=C/C(=C(\N)OC(F)F)c1cc(OC2CCN(C)CC2)c2c(Nc3ccc4ncsc4c3)ncnc2c1. The second-order valence-electron chi connectivity index (χ2n) is 8.91. The molecule has 0 bridgehead atoms. The van der Waals surface area contributed by atoms with Gasteiger partial charge in [0.15, 0.2) is 5.88 Å². The van der Waals surface area contributed by atoms with E-state index < -0.39 is 12.5 Å². The fourth-order valence-electron chi connectivity index (χ4n) is 4.42. The van der Waals surface area contributed by atoms with Gasteiger partial charge < -0.3 is 25.4 Å². The first kappa shape index (κ1) is 25.7. The highest BCUT2D eigenvalue weighted by Crippen LogP contribution is 2.37. The number of thiazole rings is 1. The van der Waals surface area contributed by atoms with Crippen molar-refractivity contribution in [1.29, 1.82) is 0 Å². The Labute approximate surface area is 222 Å². The Morgan fingerprint density at radius 1 is 1.18 bits per heavy atom. The van der Waals surface area contributed by atoms with Gasteiger partial charge in [-0.3, -0.25) is 4.99 Å². The van der Waals surface area contributed by atoms with Crippen molar-refractivity contribution in [2.24, 2.45) is 10.7 Å². The molecule has 2 aromatic heterocycles. The number of nitrogens with one attached hydrogen (secondary N) is 1. The third kappa shape index (κ3) is 5.65. The summed E-state index contributed by atoms with van der Waals surface area (Å²) in [7, 11) is 3.60. The second-order valence-corrected chi connectivity index (χ2v) is 9.80. The third-order valence-electron chi connectivity index (χ3n) is 6.31. The molecule has 3 heterocycles. The summed E-state index contributed by atoms with van der Waals surface area (Å²) >= 11 is 1.55. The zero-order chi connectivity index (χ0) is 26.6. The van der Waals surface area contributed by atoms with E-state index in [9.17, 15) is 8.78 Å². The number of piperidine rings is 1. The van der Waals surface area contributed by atoms with Crippen LogP contribution in [0.1, 0.15) is 18.4 Å². The number of nitrogens with zero attached hydrogens (tertiary/aromatic N) is 5. The molecule has 1 aliphatic rings. The molecular weight excluding hydrogens is 512 g/mol. The highest BCUT2D eigenvalue weighted by molar-refractivity contribution is 7.16. The van der Waals surface area contributed by atoms with Gasteiger partial charge in [0.1, 0.15) is 24.0 Å². The zero-order valence-electron chi connectivity index (χ0n) is 20.9. The normalized spacial score (nSPS) is 15.9. The van der Waals surface area contributed by atoms with E-state index in [4.69, 9.17) is 10.5 Å². The fourth-order valence-corrected chi connectivity index (χ4v) is 5.13. The summed E-state index contributed by atoms with van der Waals surface area (Å²) in [4.78, 5) is 19.6. The van der Waals surface area contributed by atoms with E-state index in [1.54, 1.807) is 29.0 Å². The van der Waals surface area contributed by atoms with Crippen LogP contribution in [0.25, 0.3) is 26.7 Å². The lowest BCUT2D eigenvalue weighted by molar-refractivity contribution is -0.0960. The molecule has 1 aliphatic heterocycles. The molecule has 0 aliphatic carbocycles.